The second-order valence-corrected chi connectivity index (χ2v) is 5.76. The third-order valence-corrected chi connectivity index (χ3v) is 4.10. The maximum Gasteiger partial charge on any atom is 0.338 e. The lowest BCUT2D eigenvalue weighted by Crippen LogP contribution is -2.24. The van der Waals surface area contributed by atoms with E-state index in [1.807, 2.05) is 60.7 Å². The summed E-state index contributed by atoms with van der Waals surface area (Å²) in [6, 6.07) is 18.8. The molecule has 1 amide bonds. The van der Waals surface area contributed by atoms with Gasteiger partial charge in [0.25, 0.3) is 5.91 Å². The van der Waals surface area contributed by atoms with Gasteiger partial charge in [0, 0.05) is 6.42 Å². The van der Waals surface area contributed by atoms with Gasteiger partial charge in [0.2, 0.25) is 0 Å². The number of allylic oxidation sites excluding steroid dienone is 1. The first-order valence-corrected chi connectivity index (χ1v) is 8.36. The largest absolute Gasteiger partial charge is 0.503 e. The van der Waals surface area contributed by atoms with Gasteiger partial charge in [-0.25, -0.2) is 4.79 Å². The summed E-state index contributed by atoms with van der Waals surface area (Å²) in [7, 11) is 0. The molecule has 5 nitrogen and oxygen atoms in total. The highest BCUT2D eigenvalue weighted by Gasteiger charge is 2.29. The Morgan fingerprint density at radius 3 is 2.19 bits per heavy atom. The summed E-state index contributed by atoms with van der Waals surface area (Å²) in [5.41, 5.74) is 2.89. The molecule has 0 spiro atoms. The summed E-state index contributed by atoms with van der Waals surface area (Å²) >= 11 is 0. The van der Waals surface area contributed by atoms with Crippen molar-refractivity contribution in [3.05, 3.63) is 83.1 Å². The molecule has 132 valence electrons. The second-order valence-electron chi connectivity index (χ2n) is 5.76. The van der Waals surface area contributed by atoms with Crippen LogP contribution in [0, 0.1) is 0 Å². The average Bonchev–Trinajstić information content (AvgIpc) is 2.81. The van der Waals surface area contributed by atoms with E-state index in [9.17, 15) is 14.7 Å². The molecule has 0 saturated carbocycles. The van der Waals surface area contributed by atoms with Gasteiger partial charge >= 0.3 is 5.97 Å². The number of hydrogen-bond acceptors (Lipinski definition) is 4. The first-order valence-electron chi connectivity index (χ1n) is 8.36. The summed E-state index contributed by atoms with van der Waals surface area (Å²) in [4.78, 5) is 24.7. The van der Waals surface area contributed by atoms with Crippen LogP contribution < -0.4 is 5.32 Å². The van der Waals surface area contributed by atoms with E-state index >= 15 is 0 Å². The summed E-state index contributed by atoms with van der Waals surface area (Å²) in [5.74, 6) is -2.02. The van der Waals surface area contributed by atoms with Crippen molar-refractivity contribution in [1.29, 1.82) is 0 Å². The third kappa shape index (κ3) is 3.52. The molecule has 2 aromatic rings. The zero-order valence-electron chi connectivity index (χ0n) is 14.4. The van der Waals surface area contributed by atoms with Crippen LogP contribution in [-0.4, -0.2) is 23.6 Å². The van der Waals surface area contributed by atoms with Crippen molar-refractivity contribution in [3.63, 3.8) is 0 Å². The molecule has 0 fully saturated rings. The Hall–Kier alpha value is -3.34. The third-order valence-electron chi connectivity index (χ3n) is 4.10. The van der Waals surface area contributed by atoms with Gasteiger partial charge in [0.05, 0.1) is 17.9 Å². The van der Waals surface area contributed by atoms with Crippen LogP contribution in [0.5, 0.6) is 0 Å². The number of carbonyl (C=O) groups is 2. The molecule has 0 aliphatic carbocycles. The number of rotatable bonds is 4. The molecule has 26 heavy (non-hydrogen) atoms. The molecule has 0 saturated heterocycles. The number of hydrogen-bond donors (Lipinski definition) is 2. The number of ether oxygens (including phenoxy) is 1. The second kappa shape index (κ2) is 7.70. The van der Waals surface area contributed by atoms with Crippen molar-refractivity contribution in [2.75, 3.05) is 6.61 Å². The Morgan fingerprint density at radius 2 is 1.62 bits per heavy atom. The number of aliphatic hydroxyl groups excluding tert-OH is 1. The normalized spacial score (nSPS) is 14.7. The fourth-order valence-electron chi connectivity index (χ4n) is 2.86. The van der Waals surface area contributed by atoms with Gasteiger partial charge in [-0.1, -0.05) is 60.7 Å². The van der Waals surface area contributed by atoms with Crippen molar-refractivity contribution in [1.82, 2.24) is 5.32 Å². The molecular formula is C21H19NO4. The van der Waals surface area contributed by atoms with Crippen LogP contribution >= 0.6 is 0 Å². The number of nitrogens with one attached hydrogen (secondary N) is 1. The molecule has 1 heterocycles. The van der Waals surface area contributed by atoms with E-state index in [2.05, 4.69) is 5.32 Å². The minimum atomic E-state index is -0.724. The molecule has 0 radical (unpaired) electrons. The summed E-state index contributed by atoms with van der Waals surface area (Å²) in [6.07, 6.45) is 0.0810. The molecule has 0 bridgehead atoms. The zero-order chi connectivity index (χ0) is 18.5. The van der Waals surface area contributed by atoms with E-state index in [-0.39, 0.29) is 18.6 Å². The molecule has 5 heteroatoms. The molecule has 2 N–H and O–H groups in total. The van der Waals surface area contributed by atoms with Crippen molar-refractivity contribution < 1.29 is 19.4 Å². The van der Waals surface area contributed by atoms with Gasteiger partial charge in [0.15, 0.2) is 5.76 Å². The standard InChI is InChI=1S/C21H19NO4/c1-2-26-21(25)17-13-16(14-9-5-3-6-10-14)18(22-20(24)19(17)23)15-11-7-4-8-12-15/h3-12,23H,2,13H2,1H3,(H,22,24). The number of carbonyl (C=O) groups excluding carboxylic acids is 2. The van der Waals surface area contributed by atoms with Gasteiger partial charge in [0.1, 0.15) is 0 Å². The highest BCUT2D eigenvalue weighted by Crippen LogP contribution is 2.33. The minimum absolute atomic E-state index is 0.0471. The van der Waals surface area contributed by atoms with E-state index < -0.39 is 17.6 Å². The van der Waals surface area contributed by atoms with E-state index in [1.54, 1.807) is 6.92 Å². The van der Waals surface area contributed by atoms with Gasteiger partial charge < -0.3 is 15.2 Å². The minimum Gasteiger partial charge on any atom is -0.503 e. The van der Waals surface area contributed by atoms with Gasteiger partial charge in [-0.3, -0.25) is 4.79 Å². The highest BCUT2D eigenvalue weighted by atomic mass is 16.5. The van der Waals surface area contributed by atoms with Crippen LogP contribution in [0.15, 0.2) is 72.0 Å². The zero-order valence-corrected chi connectivity index (χ0v) is 14.4. The summed E-state index contributed by atoms with van der Waals surface area (Å²) in [5, 5.41) is 13.0. The van der Waals surface area contributed by atoms with Crippen LogP contribution in [0.1, 0.15) is 24.5 Å². The summed E-state index contributed by atoms with van der Waals surface area (Å²) in [6.45, 7) is 1.84. The Morgan fingerprint density at radius 1 is 1.04 bits per heavy atom. The van der Waals surface area contributed by atoms with Crippen molar-refractivity contribution in [2.24, 2.45) is 0 Å². The average molecular weight is 349 g/mol. The SMILES string of the molecule is CCOC(=O)C1=C(O)C(=O)NC(c2ccccc2)=C(c2ccccc2)C1. The monoisotopic (exact) mass is 349 g/mol. The first-order chi connectivity index (χ1) is 12.6. The number of amides is 1. The van der Waals surface area contributed by atoms with Crippen molar-refractivity contribution in [2.45, 2.75) is 13.3 Å². The molecule has 1 aliphatic heterocycles. The molecular weight excluding hydrogens is 330 g/mol. The predicted molar refractivity (Wildman–Crippen MR) is 98.7 cm³/mol. The highest BCUT2D eigenvalue weighted by molar-refractivity contribution is 6.10. The van der Waals surface area contributed by atoms with Crippen molar-refractivity contribution in [3.8, 4) is 0 Å². The molecule has 2 aromatic carbocycles. The molecule has 3 rings (SSSR count). The number of benzene rings is 2. The summed E-state index contributed by atoms with van der Waals surface area (Å²) < 4.78 is 5.02. The molecule has 0 unspecified atom stereocenters. The van der Waals surface area contributed by atoms with E-state index in [0.29, 0.717) is 5.70 Å². The van der Waals surface area contributed by atoms with Gasteiger partial charge in [-0.2, -0.15) is 0 Å². The van der Waals surface area contributed by atoms with Crippen LogP contribution in [-0.2, 0) is 14.3 Å². The quantitative estimate of drug-likeness (QED) is 0.829. The topological polar surface area (TPSA) is 75.6 Å². The predicted octanol–water partition coefficient (Wildman–Crippen LogP) is 3.45. The lowest BCUT2D eigenvalue weighted by Gasteiger charge is -2.15. The molecule has 0 aromatic heterocycles. The molecule has 0 atom stereocenters. The first kappa shape index (κ1) is 17.5. The Kier molecular flexibility index (Phi) is 5.17. The van der Waals surface area contributed by atoms with E-state index in [1.165, 1.54) is 0 Å². The van der Waals surface area contributed by atoms with Crippen LogP contribution in [0.2, 0.25) is 0 Å². The van der Waals surface area contributed by atoms with Gasteiger partial charge in [-0.15, -0.1) is 0 Å². The Bertz CT molecular complexity index is 883. The lowest BCUT2D eigenvalue weighted by molar-refractivity contribution is -0.139. The van der Waals surface area contributed by atoms with E-state index in [4.69, 9.17) is 4.74 Å². The van der Waals surface area contributed by atoms with Crippen LogP contribution in [0.3, 0.4) is 0 Å². The fraction of sp³-hybridized carbons (Fsp3) is 0.143. The lowest BCUT2D eigenvalue weighted by atomic mass is 9.94. The fourth-order valence-corrected chi connectivity index (χ4v) is 2.86. The maximum absolute atomic E-state index is 12.4. The maximum atomic E-state index is 12.4. The Balaban J connectivity index is 2.18. The smallest absolute Gasteiger partial charge is 0.338 e. The van der Waals surface area contributed by atoms with Crippen molar-refractivity contribution >= 4 is 23.1 Å². The van der Waals surface area contributed by atoms with Crippen LogP contribution in [0.25, 0.3) is 11.3 Å². The van der Waals surface area contributed by atoms with Crippen LogP contribution in [0.4, 0.5) is 0 Å². The molecule has 1 aliphatic rings. The Labute approximate surface area is 151 Å². The van der Waals surface area contributed by atoms with Gasteiger partial charge in [-0.05, 0) is 23.6 Å². The number of esters is 1. The van der Waals surface area contributed by atoms with E-state index in [0.717, 1.165) is 16.7 Å². The number of aliphatic hydroxyl groups is 1.